The second-order valence-electron chi connectivity index (χ2n) is 7.09. The molecule has 0 radical (unpaired) electrons. The van der Waals surface area contributed by atoms with E-state index in [1.165, 1.54) is 6.07 Å². The highest BCUT2D eigenvalue weighted by Gasteiger charge is 2.32. The van der Waals surface area contributed by atoms with E-state index in [4.69, 9.17) is 15.7 Å². The van der Waals surface area contributed by atoms with Gasteiger partial charge in [0.05, 0.1) is 11.9 Å². The van der Waals surface area contributed by atoms with Gasteiger partial charge in [0.1, 0.15) is 5.82 Å². The number of ketones is 1. The summed E-state index contributed by atoms with van der Waals surface area (Å²) in [6.45, 7) is -2.66. The summed E-state index contributed by atoms with van der Waals surface area (Å²) in [5, 5.41) is 10.4. The van der Waals surface area contributed by atoms with Gasteiger partial charge in [-0.1, -0.05) is 23.7 Å². The van der Waals surface area contributed by atoms with Crippen molar-refractivity contribution < 1.29 is 23.2 Å². The molecule has 0 spiro atoms. The largest absolute Gasteiger partial charge is 0.481 e. The molecule has 1 aliphatic carbocycles. The smallest absolute Gasteiger partial charge is 0.304 e. The predicted octanol–water partition coefficient (Wildman–Crippen LogP) is 5.19. The Morgan fingerprint density at radius 3 is 2.75 bits per heavy atom. The third-order valence-corrected chi connectivity index (χ3v) is 5.57. The van der Waals surface area contributed by atoms with E-state index in [1.807, 2.05) is 0 Å². The number of hydrogen-bond acceptors (Lipinski definition) is 2. The van der Waals surface area contributed by atoms with E-state index in [0.717, 1.165) is 22.9 Å². The van der Waals surface area contributed by atoms with Gasteiger partial charge in [0.15, 0.2) is 5.78 Å². The summed E-state index contributed by atoms with van der Waals surface area (Å²) in [4.78, 5) is 24.1. The Bertz CT molecular complexity index is 1200. The molecule has 0 saturated heterocycles. The van der Waals surface area contributed by atoms with Crippen molar-refractivity contribution in [3.63, 3.8) is 0 Å². The van der Waals surface area contributed by atoms with E-state index < -0.39 is 24.4 Å². The lowest BCUT2D eigenvalue weighted by Crippen LogP contribution is -2.12. The van der Waals surface area contributed by atoms with Crippen molar-refractivity contribution in [1.82, 2.24) is 4.57 Å². The lowest BCUT2D eigenvalue weighted by atomic mass is 10.0. The second-order valence-corrected chi connectivity index (χ2v) is 7.52. The minimum Gasteiger partial charge on any atom is -0.481 e. The Morgan fingerprint density at radius 1 is 1.32 bits per heavy atom. The first-order chi connectivity index (χ1) is 14.6. The highest BCUT2D eigenvalue weighted by atomic mass is 35.5. The molecule has 1 atom stereocenters. The van der Waals surface area contributed by atoms with Crippen LogP contribution >= 0.6 is 11.6 Å². The first kappa shape index (κ1) is 15.3. The molecule has 0 fully saturated rings. The summed E-state index contributed by atoms with van der Waals surface area (Å²) in [5.74, 6) is -3.11. The molecule has 4 rings (SSSR count). The maximum Gasteiger partial charge on any atom is 0.304 e. The third kappa shape index (κ3) is 3.20. The molecule has 144 valence electrons. The minimum atomic E-state index is -2.93. The normalized spacial score (nSPS) is 17.8. The first-order valence-electron chi connectivity index (χ1n) is 10.4. The number of carbonyl (C=O) groups is 2. The molecule has 1 heterocycles. The molecule has 4 nitrogen and oxygen atoms in total. The minimum absolute atomic E-state index is 0.102. The number of carbonyl (C=O) groups excluding carboxylic acids is 1. The number of carboxylic acids is 1. The fourth-order valence-electron chi connectivity index (χ4n) is 4.25. The van der Waals surface area contributed by atoms with Crippen LogP contribution in [0, 0.1) is 5.82 Å². The number of benzene rings is 2. The van der Waals surface area contributed by atoms with Crippen LogP contribution in [0.1, 0.15) is 56.9 Å². The number of aliphatic carboxylic acids is 1. The molecule has 0 amide bonds. The standard InChI is InChI=1S/C22H19ClFNO3/c1-12(26)18-9-16(24)10-19-17-7-4-14(8-20(27)28)21(17)25(22(18)19)11-13-2-5-15(23)6-3-13/h2-3,5-6,9-10,14H,4,7-8,11H2,1H3,(H,27,28)/i1D3. The monoisotopic (exact) mass is 402 g/mol. The zero-order valence-corrected chi connectivity index (χ0v) is 15.6. The van der Waals surface area contributed by atoms with Gasteiger partial charge in [0, 0.05) is 38.2 Å². The van der Waals surface area contributed by atoms with E-state index >= 15 is 0 Å². The summed E-state index contributed by atoms with van der Waals surface area (Å²) in [6, 6.07) is 9.28. The van der Waals surface area contributed by atoms with Crippen LogP contribution in [0.25, 0.3) is 10.9 Å². The lowest BCUT2D eigenvalue weighted by molar-refractivity contribution is -0.137. The van der Waals surface area contributed by atoms with Crippen molar-refractivity contribution in [2.24, 2.45) is 0 Å². The molecule has 1 unspecified atom stereocenters. The van der Waals surface area contributed by atoms with Gasteiger partial charge in [0.2, 0.25) is 0 Å². The topological polar surface area (TPSA) is 59.3 Å². The van der Waals surface area contributed by atoms with Gasteiger partial charge in [-0.3, -0.25) is 9.59 Å². The lowest BCUT2D eigenvalue weighted by Gasteiger charge is -2.17. The van der Waals surface area contributed by atoms with Crippen molar-refractivity contribution in [3.8, 4) is 0 Å². The Balaban J connectivity index is 2.00. The number of fused-ring (bicyclic) bond motifs is 3. The fraction of sp³-hybridized carbons (Fsp3) is 0.273. The van der Waals surface area contributed by atoms with Crippen LogP contribution in [-0.2, 0) is 17.8 Å². The molecule has 0 saturated carbocycles. The second kappa shape index (κ2) is 7.06. The Morgan fingerprint density at radius 2 is 2.07 bits per heavy atom. The number of carboxylic acid groups (broad SMARTS) is 1. The quantitative estimate of drug-likeness (QED) is 0.597. The predicted molar refractivity (Wildman–Crippen MR) is 106 cm³/mol. The summed E-state index contributed by atoms with van der Waals surface area (Å²) >= 11 is 5.98. The maximum atomic E-state index is 14.4. The van der Waals surface area contributed by atoms with Crippen LogP contribution in [-0.4, -0.2) is 21.4 Å². The summed E-state index contributed by atoms with van der Waals surface area (Å²) in [6.07, 6.45) is 1.02. The number of Topliss-reactive ketones (excluding diaryl/α,β-unsaturated/α-hetero) is 1. The average molecular weight is 403 g/mol. The van der Waals surface area contributed by atoms with Gasteiger partial charge in [-0.25, -0.2) is 4.39 Å². The van der Waals surface area contributed by atoms with E-state index in [9.17, 15) is 19.1 Å². The van der Waals surface area contributed by atoms with Crippen LogP contribution in [0.15, 0.2) is 36.4 Å². The molecule has 2 aromatic carbocycles. The fourth-order valence-corrected chi connectivity index (χ4v) is 4.37. The zero-order valence-electron chi connectivity index (χ0n) is 17.8. The van der Waals surface area contributed by atoms with Crippen LogP contribution in [0.3, 0.4) is 0 Å². The SMILES string of the molecule is [2H]C([2H])([2H])C(=O)c1cc(F)cc2c3c(n(Cc4ccc(Cl)cc4)c12)C(CC(=O)O)CC3. The van der Waals surface area contributed by atoms with Crippen LogP contribution in [0.4, 0.5) is 4.39 Å². The Kier molecular flexibility index (Phi) is 3.85. The maximum absolute atomic E-state index is 14.4. The summed E-state index contributed by atoms with van der Waals surface area (Å²) in [7, 11) is 0. The number of aryl methyl sites for hydroxylation is 1. The van der Waals surface area contributed by atoms with Crippen molar-refractivity contribution in [2.45, 2.75) is 38.6 Å². The van der Waals surface area contributed by atoms with Gasteiger partial charge < -0.3 is 9.67 Å². The van der Waals surface area contributed by atoms with Gasteiger partial charge in [-0.2, -0.15) is 0 Å². The molecule has 6 heteroatoms. The molecule has 1 aliphatic rings. The number of hydrogen-bond donors (Lipinski definition) is 1. The van der Waals surface area contributed by atoms with Crippen molar-refractivity contribution in [3.05, 3.63) is 69.6 Å². The molecule has 28 heavy (non-hydrogen) atoms. The van der Waals surface area contributed by atoms with Gasteiger partial charge in [0.25, 0.3) is 0 Å². The van der Waals surface area contributed by atoms with Crippen LogP contribution < -0.4 is 0 Å². The molecular weight excluding hydrogens is 381 g/mol. The van der Waals surface area contributed by atoms with E-state index in [0.29, 0.717) is 28.8 Å². The molecule has 0 bridgehead atoms. The highest BCUT2D eigenvalue weighted by molar-refractivity contribution is 6.30. The summed E-state index contributed by atoms with van der Waals surface area (Å²) < 4.78 is 38.9. The molecule has 1 N–H and O–H groups in total. The van der Waals surface area contributed by atoms with Gasteiger partial charge in [-0.05, 0) is 55.1 Å². The van der Waals surface area contributed by atoms with E-state index in [-0.39, 0.29) is 24.4 Å². The first-order valence-corrected chi connectivity index (χ1v) is 9.29. The van der Waals surface area contributed by atoms with E-state index in [1.54, 1.807) is 28.8 Å². The molecule has 3 aromatic rings. The van der Waals surface area contributed by atoms with Gasteiger partial charge in [-0.15, -0.1) is 0 Å². The van der Waals surface area contributed by atoms with Crippen LogP contribution in [0.5, 0.6) is 0 Å². The number of rotatable bonds is 5. The molecule has 0 aliphatic heterocycles. The summed E-state index contributed by atoms with van der Waals surface area (Å²) in [5.41, 5.74) is 2.44. The Labute approximate surface area is 170 Å². The van der Waals surface area contributed by atoms with Crippen molar-refractivity contribution in [1.29, 1.82) is 0 Å². The number of nitrogens with zero attached hydrogens (tertiary/aromatic N) is 1. The highest BCUT2D eigenvalue weighted by Crippen LogP contribution is 2.43. The number of aromatic nitrogens is 1. The zero-order chi connectivity index (χ0) is 22.5. The third-order valence-electron chi connectivity index (χ3n) is 5.32. The van der Waals surface area contributed by atoms with Crippen LogP contribution in [0.2, 0.25) is 5.02 Å². The van der Waals surface area contributed by atoms with Crippen molar-refractivity contribution >= 4 is 34.3 Å². The van der Waals surface area contributed by atoms with Gasteiger partial charge >= 0.3 is 5.97 Å². The van der Waals surface area contributed by atoms with Crippen molar-refractivity contribution in [2.75, 3.05) is 0 Å². The van der Waals surface area contributed by atoms with E-state index in [2.05, 4.69) is 0 Å². The molecule has 1 aromatic heterocycles. The number of halogens is 2. The average Bonchev–Trinajstić information content (AvgIpc) is 3.21. The molecular formula is C22H19ClFNO3. The Hall–Kier alpha value is -2.66.